The number of aromatic nitrogens is 1. The number of ether oxygens (including phenoxy) is 2. The van der Waals surface area contributed by atoms with Gasteiger partial charge in [-0.2, -0.15) is 0 Å². The third-order valence-corrected chi connectivity index (χ3v) is 3.36. The normalized spacial score (nSPS) is 10.1. The van der Waals surface area contributed by atoms with Crippen molar-refractivity contribution in [3.63, 3.8) is 0 Å². The van der Waals surface area contributed by atoms with Gasteiger partial charge in [0.25, 0.3) is 5.91 Å². The van der Waals surface area contributed by atoms with Crippen LogP contribution in [0, 0.1) is 6.92 Å². The van der Waals surface area contributed by atoms with Gasteiger partial charge in [0.05, 0.1) is 18.7 Å². The van der Waals surface area contributed by atoms with Gasteiger partial charge in [0.1, 0.15) is 5.75 Å². The van der Waals surface area contributed by atoms with Crippen LogP contribution in [0.4, 0.5) is 5.69 Å². The average Bonchev–Trinajstić information content (AvgIpc) is 2.57. The molecule has 126 valence electrons. The van der Waals surface area contributed by atoms with Gasteiger partial charge in [-0.3, -0.25) is 9.59 Å². The molecular weight excluding hydrogens is 332 g/mol. The second-order valence-electron chi connectivity index (χ2n) is 4.91. The molecule has 7 heteroatoms. The van der Waals surface area contributed by atoms with Crippen molar-refractivity contribution in [2.24, 2.45) is 0 Å². The maximum Gasteiger partial charge on any atom is 0.309 e. The van der Waals surface area contributed by atoms with E-state index in [9.17, 15) is 9.59 Å². The monoisotopic (exact) mass is 348 g/mol. The molecule has 0 saturated carbocycles. The number of pyridine rings is 1. The van der Waals surface area contributed by atoms with E-state index in [4.69, 9.17) is 21.1 Å². The van der Waals surface area contributed by atoms with E-state index in [-0.39, 0.29) is 18.2 Å². The molecule has 6 nitrogen and oxygen atoms in total. The lowest BCUT2D eigenvalue weighted by molar-refractivity contribution is -0.147. The van der Waals surface area contributed by atoms with Gasteiger partial charge < -0.3 is 14.8 Å². The maximum absolute atomic E-state index is 11.7. The van der Waals surface area contributed by atoms with Gasteiger partial charge in [-0.25, -0.2) is 4.98 Å². The minimum Gasteiger partial charge on any atom is -0.493 e. The van der Waals surface area contributed by atoms with Crippen LogP contribution in [0.3, 0.4) is 0 Å². The van der Waals surface area contributed by atoms with Crippen molar-refractivity contribution in [2.75, 3.05) is 18.5 Å². The Kier molecular flexibility index (Phi) is 6.57. The molecule has 1 aromatic carbocycles. The van der Waals surface area contributed by atoms with Crippen LogP contribution in [-0.4, -0.2) is 30.1 Å². The molecule has 24 heavy (non-hydrogen) atoms. The van der Waals surface area contributed by atoms with E-state index in [1.807, 2.05) is 31.2 Å². The van der Waals surface area contributed by atoms with Gasteiger partial charge in [0.15, 0.2) is 11.8 Å². The molecule has 0 saturated heterocycles. The highest BCUT2D eigenvalue weighted by Gasteiger charge is 2.10. The van der Waals surface area contributed by atoms with Gasteiger partial charge >= 0.3 is 5.97 Å². The zero-order valence-corrected chi connectivity index (χ0v) is 13.9. The van der Waals surface area contributed by atoms with Crippen molar-refractivity contribution in [2.45, 2.75) is 13.3 Å². The lowest BCUT2D eigenvalue weighted by Gasteiger charge is -2.09. The number of benzene rings is 1. The number of esters is 1. The number of amides is 1. The molecule has 0 aliphatic rings. The number of aryl methyl sites for hydroxylation is 1. The molecular formula is C17H17ClN2O4. The number of para-hydroxylation sites is 1. The minimum atomic E-state index is -0.518. The highest BCUT2D eigenvalue weighted by atomic mass is 35.5. The summed E-state index contributed by atoms with van der Waals surface area (Å²) in [7, 11) is 0. The van der Waals surface area contributed by atoms with E-state index in [0.717, 1.165) is 5.56 Å². The van der Waals surface area contributed by atoms with E-state index in [1.54, 1.807) is 12.1 Å². The zero-order valence-electron chi connectivity index (χ0n) is 13.1. The Morgan fingerprint density at radius 3 is 2.75 bits per heavy atom. The first kappa shape index (κ1) is 17.7. The summed E-state index contributed by atoms with van der Waals surface area (Å²) in [4.78, 5) is 27.2. The van der Waals surface area contributed by atoms with E-state index in [2.05, 4.69) is 10.3 Å². The molecule has 0 bridgehead atoms. The SMILES string of the molecule is Cc1ccccc1OCCC(=O)OCC(=O)Nc1cccnc1Cl. The summed E-state index contributed by atoms with van der Waals surface area (Å²) in [5.41, 5.74) is 1.35. The number of nitrogens with zero attached hydrogens (tertiary/aromatic N) is 1. The molecule has 1 amide bonds. The molecule has 0 radical (unpaired) electrons. The Morgan fingerprint density at radius 1 is 1.21 bits per heavy atom. The van der Waals surface area contributed by atoms with Crippen LogP contribution in [-0.2, 0) is 14.3 Å². The van der Waals surface area contributed by atoms with Crippen molar-refractivity contribution >= 4 is 29.2 Å². The quantitative estimate of drug-likeness (QED) is 0.614. The Hall–Kier alpha value is -2.60. The second-order valence-corrected chi connectivity index (χ2v) is 5.27. The minimum absolute atomic E-state index is 0.0509. The molecule has 1 aromatic heterocycles. The smallest absolute Gasteiger partial charge is 0.309 e. The number of nitrogens with one attached hydrogen (secondary N) is 1. The van der Waals surface area contributed by atoms with Gasteiger partial charge in [-0.15, -0.1) is 0 Å². The van der Waals surface area contributed by atoms with Crippen LogP contribution in [0.2, 0.25) is 5.15 Å². The topological polar surface area (TPSA) is 77.5 Å². The summed E-state index contributed by atoms with van der Waals surface area (Å²) in [6, 6.07) is 10.7. The lowest BCUT2D eigenvalue weighted by atomic mass is 10.2. The Morgan fingerprint density at radius 2 is 2.00 bits per heavy atom. The molecule has 0 atom stereocenters. The molecule has 1 N–H and O–H groups in total. The highest BCUT2D eigenvalue weighted by Crippen LogP contribution is 2.17. The fourth-order valence-corrected chi connectivity index (χ4v) is 2.01. The number of anilines is 1. The van der Waals surface area contributed by atoms with Crippen molar-refractivity contribution in [3.8, 4) is 5.75 Å². The molecule has 0 unspecified atom stereocenters. The van der Waals surface area contributed by atoms with Gasteiger partial charge in [-0.05, 0) is 30.7 Å². The standard InChI is InChI=1S/C17H17ClN2O4/c1-12-5-2-3-7-14(12)23-10-8-16(22)24-11-15(21)20-13-6-4-9-19-17(13)18/h2-7,9H,8,10-11H2,1H3,(H,20,21). The van der Waals surface area contributed by atoms with Crippen molar-refractivity contribution in [1.29, 1.82) is 0 Å². The number of carbonyl (C=O) groups is 2. The first-order valence-corrected chi connectivity index (χ1v) is 7.68. The predicted octanol–water partition coefficient (Wildman–Crippen LogP) is 2.99. The summed E-state index contributed by atoms with van der Waals surface area (Å²) in [6.45, 7) is 1.70. The largest absolute Gasteiger partial charge is 0.493 e. The average molecular weight is 349 g/mol. The van der Waals surface area contributed by atoms with E-state index in [0.29, 0.717) is 11.4 Å². The van der Waals surface area contributed by atoms with Gasteiger partial charge in [0, 0.05) is 6.20 Å². The Bertz CT molecular complexity index is 721. The fourth-order valence-electron chi connectivity index (χ4n) is 1.85. The van der Waals surface area contributed by atoms with Crippen LogP contribution in [0.15, 0.2) is 42.6 Å². The number of carbonyl (C=O) groups excluding carboxylic acids is 2. The molecule has 1 heterocycles. The number of rotatable bonds is 7. The number of hydrogen-bond donors (Lipinski definition) is 1. The van der Waals surface area contributed by atoms with Crippen LogP contribution in [0.1, 0.15) is 12.0 Å². The molecule has 0 aliphatic carbocycles. The number of halogens is 1. The third-order valence-electron chi connectivity index (χ3n) is 3.05. The van der Waals surface area contributed by atoms with Gasteiger partial charge in [-0.1, -0.05) is 29.8 Å². The highest BCUT2D eigenvalue weighted by molar-refractivity contribution is 6.32. The maximum atomic E-state index is 11.7. The van der Waals surface area contributed by atoms with Crippen LogP contribution < -0.4 is 10.1 Å². The molecule has 2 rings (SSSR count). The summed E-state index contributed by atoms with van der Waals surface area (Å²) < 4.78 is 10.4. The summed E-state index contributed by atoms with van der Waals surface area (Å²) in [5.74, 6) is -0.289. The lowest BCUT2D eigenvalue weighted by Crippen LogP contribution is -2.22. The number of hydrogen-bond acceptors (Lipinski definition) is 5. The molecule has 0 spiro atoms. The van der Waals surface area contributed by atoms with Crippen molar-refractivity contribution in [1.82, 2.24) is 4.98 Å². The van der Waals surface area contributed by atoms with E-state index < -0.39 is 18.5 Å². The van der Waals surface area contributed by atoms with Crippen LogP contribution in [0.25, 0.3) is 0 Å². The molecule has 0 aliphatic heterocycles. The summed E-state index contributed by atoms with van der Waals surface area (Å²) in [6.07, 6.45) is 1.56. The second kappa shape index (κ2) is 8.88. The van der Waals surface area contributed by atoms with E-state index >= 15 is 0 Å². The van der Waals surface area contributed by atoms with Crippen molar-refractivity contribution < 1.29 is 19.1 Å². The third kappa shape index (κ3) is 5.55. The predicted molar refractivity (Wildman–Crippen MR) is 90.1 cm³/mol. The summed E-state index contributed by atoms with van der Waals surface area (Å²) >= 11 is 5.82. The Labute approximate surface area is 144 Å². The van der Waals surface area contributed by atoms with Crippen LogP contribution >= 0.6 is 11.6 Å². The first-order chi connectivity index (χ1) is 11.6. The fraction of sp³-hybridized carbons (Fsp3) is 0.235. The van der Waals surface area contributed by atoms with Gasteiger partial charge in [0.2, 0.25) is 0 Å². The molecule has 0 fully saturated rings. The zero-order chi connectivity index (χ0) is 17.4. The van der Waals surface area contributed by atoms with Crippen LogP contribution in [0.5, 0.6) is 5.75 Å². The Balaban J connectivity index is 1.68. The summed E-state index contributed by atoms with van der Waals surface area (Å²) in [5, 5.41) is 2.68. The first-order valence-electron chi connectivity index (χ1n) is 7.30. The molecule has 2 aromatic rings. The van der Waals surface area contributed by atoms with Crippen molar-refractivity contribution in [3.05, 3.63) is 53.3 Å². The van der Waals surface area contributed by atoms with E-state index in [1.165, 1.54) is 6.20 Å².